The Morgan fingerprint density at radius 3 is 2.77 bits per heavy atom. The van der Waals surface area contributed by atoms with Gasteiger partial charge >= 0.3 is 0 Å². The van der Waals surface area contributed by atoms with E-state index in [1.165, 1.54) is 28.6 Å². The van der Waals surface area contributed by atoms with E-state index in [1.807, 2.05) is 18.2 Å². The highest BCUT2D eigenvalue weighted by Crippen LogP contribution is 2.19. The molecule has 0 unspecified atom stereocenters. The first kappa shape index (κ1) is 20.3. The Bertz CT molecular complexity index is 1130. The molecule has 0 saturated carbocycles. The molecule has 0 atom stereocenters. The number of nitrogens with zero attached hydrogens (tertiary/aromatic N) is 3. The Morgan fingerprint density at radius 2 is 2.00 bits per heavy atom. The van der Waals surface area contributed by atoms with Crippen molar-refractivity contribution in [1.29, 1.82) is 0 Å². The number of carbonyl (C=O) groups is 1. The lowest BCUT2D eigenvalue weighted by Gasteiger charge is -2.28. The Kier molecular flexibility index (Phi) is 5.92. The lowest BCUT2D eigenvalue weighted by molar-refractivity contribution is -0.116. The van der Waals surface area contributed by atoms with Gasteiger partial charge in [-0.05, 0) is 23.8 Å². The average Bonchev–Trinajstić information content (AvgIpc) is 2.73. The quantitative estimate of drug-likeness (QED) is 0.680. The van der Waals surface area contributed by atoms with Crippen molar-refractivity contribution in [3.63, 3.8) is 0 Å². The van der Waals surface area contributed by atoms with Crippen molar-refractivity contribution in [2.24, 2.45) is 0 Å². The molecule has 1 N–H and O–H groups in total. The maximum absolute atomic E-state index is 13.9. The second-order valence-electron chi connectivity index (χ2n) is 7.22. The molecule has 2 heterocycles. The molecule has 0 radical (unpaired) electrons. The molecule has 6 nitrogen and oxygen atoms in total. The molecule has 1 aliphatic heterocycles. The lowest BCUT2D eigenvalue weighted by Crippen LogP contribution is -2.38. The van der Waals surface area contributed by atoms with Gasteiger partial charge in [0.25, 0.3) is 5.56 Å². The second kappa shape index (κ2) is 8.77. The number of benzene rings is 2. The first-order valence-corrected chi connectivity index (χ1v) is 9.96. The first-order valence-electron chi connectivity index (χ1n) is 9.58. The largest absolute Gasteiger partial charge is 0.322 e. The van der Waals surface area contributed by atoms with Crippen LogP contribution in [0.3, 0.4) is 0 Å². The minimum Gasteiger partial charge on any atom is -0.322 e. The molecule has 1 aliphatic rings. The molecule has 0 aliphatic carbocycles. The van der Waals surface area contributed by atoms with E-state index in [0.717, 1.165) is 24.8 Å². The van der Waals surface area contributed by atoms with Crippen molar-refractivity contribution in [2.75, 3.05) is 11.9 Å². The fraction of sp³-hybridized carbons (Fsp3) is 0.227. The van der Waals surface area contributed by atoms with Gasteiger partial charge in [-0.2, -0.15) is 0 Å². The number of aromatic nitrogens is 2. The van der Waals surface area contributed by atoms with Crippen molar-refractivity contribution in [2.45, 2.75) is 26.1 Å². The van der Waals surface area contributed by atoms with E-state index in [9.17, 15) is 14.0 Å². The predicted octanol–water partition coefficient (Wildman–Crippen LogP) is 3.23. The smallest absolute Gasteiger partial charge is 0.258 e. The third-order valence-corrected chi connectivity index (χ3v) is 5.27. The van der Waals surface area contributed by atoms with Crippen LogP contribution in [0.2, 0.25) is 5.02 Å². The van der Waals surface area contributed by atoms with Crippen LogP contribution in [0.4, 0.5) is 10.1 Å². The summed E-state index contributed by atoms with van der Waals surface area (Å²) in [6.45, 7) is 1.78. The van der Waals surface area contributed by atoms with Gasteiger partial charge in [0.05, 0.1) is 23.3 Å². The number of hydrogen-bond donors (Lipinski definition) is 1. The number of fused-ring (bicyclic) bond motifs is 1. The van der Waals surface area contributed by atoms with Crippen LogP contribution in [0.15, 0.2) is 59.7 Å². The summed E-state index contributed by atoms with van der Waals surface area (Å²) in [6, 6.07) is 14.0. The zero-order valence-electron chi connectivity index (χ0n) is 16.1. The molecule has 3 aromatic rings. The van der Waals surface area contributed by atoms with E-state index in [4.69, 9.17) is 11.6 Å². The van der Waals surface area contributed by atoms with E-state index in [2.05, 4.69) is 27.3 Å². The summed E-state index contributed by atoms with van der Waals surface area (Å²) in [5.41, 5.74) is 2.31. The molecule has 0 spiro atoms. The van der Waals surface area contributed by atoms with E-state index in [1.54, 1.807) is 0 Å². The van der Waals surface area contributed by atoms with Crippen LogP contribution < -0.4 is 10.9 Å². The fourth-order valence-electron chi connectivity index (χ4n) is 3.53. The molecule has 8 heteroatoms. The SMILES string of the molecule is O=C(Cn1cnc2c(c1=O)CN(Cc1ccccc1)CC2)Nc1ccc(Cl)cc1F. The number of carbonyl (C=O) groups excluding carboxylic acids is 1. The second-order valence-corrected chi connectivity index (χ2v) is 7.66. The summed E-state index contributed by atoms with van der Waals surface area (Å²) in [4.78, 5) is 31.8. The van der Waals surface area contributed by atoms with E-state index in [0.29, 0.717) is 18.5 Å². The van der Waals surface area contributed by atoms with Gasteiger partial charge in [0.15, 0.2) is 0 Å². The summed E-state index contributed by atoms with van der Waals surface area (Å²) in [5, 5.41) is 2.70. The molecule has 0 fully saturated rings. The standard InChI is InChI=1S/C22H20ClFN4O2/c23-16-6-7-20(18(24)10-16)26-21(29)13-28-14-25-19-8-9-27(12-17(19)22(28)30)11-15-4-2-1-3-5-15/h1-7,10,14H,8-9,11-13H2,(H,26,29). The van der Waals surface area contributed by atoms with Gasteiger partial charge in [-0.15, -0.1) is 0 Å². The molecular formula is C22H20ClFN4O2. The van der Waals surface area contributed by atoms with Crippen molar-refractivity contribution >= 4 is 23.2 Å². The summed E-state index contributed by atoms with van der Waals surface area (Å²) >= 11 is 5.72. The number of anilines is 1. The van der Waals surface area contributed by atoms with Crippen LogP contribution in [0, 0.1) is 5.82 Å². The molecule has 0 bridgehead atoms. The van der Waals surface area contributed by atoms with Crippen LogP contribution in [0.5, 0.6) is 0 Å². The normalized spacial score (nSPS) is 13.7. The monoisotopic (exact) mass is 426 g/mol. The van der Waals surface area contributed by atoms with Gasteiger partial charge in [0, 0.05) is 31.1 Å². The molecule has 30 heavy (non-hydrogen) atoms. The highest BCUT2D eigenvalue weighted by Gasteiger charge is 2.22. The maximum Gasteiger partial charge on any atom is 0.258 e. The Morgan fingerprint density at radius 1 is 1.20 bits per heavy atom. The van der Waals surface area contributed by atoms with Crippen LogP contribution in [0.25, 0.3) is 0 Å². The van der Waals surface area contributed by atoms with Gasteiger partial charge in [-0.1, -0.05) is 41.9 Å². The van der Waals surface area contributed by atoms with Crippen LogP contribution in [0.1, 0.15) is 16.8 Å². The van der Waals surface area contributed by atoms with Crippen molar-refractivity contribution < 1.29 is 9.18 Å². The van der Waals surface area contributed by atoms with E-state index in [-0.39, 0.29) is 22.8 Å². The van der Waals surface area contributed by atoms with Gasteiger partial charge in [0.2, 0.25) is 5.91 Å². The number of rotatable bonds is 5. The molecule has 154 valence electrons. The molecule has 4 rings (SSSR count). The Labute approximate surface area is 177 Å². The van der Waals surface area contributed by atoms with Crippen molar-refractivity contribution in [3.05, 3.63) is 92.9 Å². The van der Waals surface area contributed by atoms with Crippen LogP contribution >= 0.6 is 11.6 Å². The van der Waals surface area contributed by atoms with Gasteiger partial charge in [-0.25, -0.2) is 9.37 Å². The average molecular weight is 427 g/mol. The molecule has 1 amide bonds. The Balaban J connectivity index is 1.47. The molecule has 1 aromatic heterocycles. The maximum atomic E-state index is 13.9. The zero-order chi connectivity index (χ0) is 21.1. The van der Waals surface area contributed by atoms with Crippen LogP contribution in [-0.4, -0.2) is 26.9 Å². The van der Waals surface area contributed by atoms with Crippen LogP contribution in [-0.2, 0) is 30.8 Å². The van der Waals surface area contributed by atoms with Gasteiger partial charge in [-0.3, -0.25) is 19.1 Å². The summed E-state index contributed by atoms with van der Waals surface area (Å²) in [7, 11) is 0. The topological polar surface area (TPSA) is 67.2 Å². The number of nitrogens with one attached hydrogen (secondary N) is 1. The third-order valence-electron chi connectivity index (χ3n) is 5.04. The lowest BCUT2D eigenvalue weighted by atomic mass is 10.1. The van der Waals surface area contributed by atoms with Gasteiger partial charge in [0.1, 0.15) is 12.4 Å². The zero-order valence-corrected chi connectivity index (χ0v) is 16.9. The van der Waals surface area contributed by atoms with Crippen molar-refractivity contribution in [3.8, 4) is 0 Å². The van der Waals surface area contributed by atoms with E-state index < -0.39 is 11.7 Å². The first-order chi connectivity index (χ1) is 14.5. The van der Waals surface area contributed by atoms with Crippen molar-refractivity contribution in [1.82, 2.24) is 14.5 Å². The predicted molar refractivity (Wildman–Crippen MR) is 113 cm³/mol. The minimum absolute atomic E-state index is 0.0115. The molecular weight excluding hydrogens is 407 g/mol. The number of amides is 1. The minimum atomic E-state index is -0.636. The summed E-state index contributed by atoms with van der Waals surface area (Å²) < 4.78 is 15.1. The summed E-state index contributed by atoms with van der Waals surface area (Å²) in [6.07, 6.45) is 2.06. The number of hydrogen-bond acceptors (Lipinski definition) is 4. The fourth-order valence-corrected chi connectivity index (χ4v) is 3.69. The van der Waals surface area contributed by atoms with E-state index >= 15 is 0 Å². The third kappa shape index (κ3) is 4.58. The molecule has 2 aromatic carbocycles. The summed E-state index contributed by atoms with van der Waals surface area (Å²) in [5.74, 6) is -1.15. The highest BCUT2D eigenvalue weighted by atomic mass is 35.5. The highest BCUT2D eigenvalue weighted by molar-refractivity contribution is 6.30. The molecule has 0 saturated heterocycles. The van der Waals surface area contributed by atoms with Gasteiger partial charge < -0.3 is 5.32 Å². The number of halogens is 2. The Hall–Kier alpha value is -3.03.